The van der Waals surface area contributed by atoms with Crippen LogP contribution in [0, 0.1) is 0 Å². The van der Waals surface area contributed by atoms with Crippen LogP contribution in [0.3, 0.4) is 0 Å². The zero-order valence-electron chi connectivity index (χ0n) is 8.86. The summed E-state index contributed by atoms with van der Waals surface area (Å²) < 4.78 is 5.24. The highest BCUT2D eigenvalue weighted by Gasteiger charge is 2.08. The molecule has 3 N–H and O–H groups in total. The molecule has 0 heterocycles. The van der Waals surface area contributed by atoms with Gasteiger partial charge in [-0.05, 0) is 25.8 Å². The first-order chi connectivity index (χ1) is 7.07. The second-order valence-corrected chi connectivity index (χ2v) is 4.55. The van der Waals surface area contributed by atoms with Crippen LogP contribution in [-0.4, -0.2) is 33.4 Å². The minimum Gasteiger partial charge on any atom is -0.478 e. The molecule has 15 heavy (non-hydrogen) atoms. The van der Waals surface area contributed by atoms with Crippen molar-refractivity contribution in [2.75, 3.05) is 6.61 Å². The van der Waals surface area contributed by atoms with Gasteiger partial charge in [-0.2, -0.15) is 0 Å². The summed E-state index contributed by atoms with van der Waals surface area (Å²) in [7, 11) is -0.520. The zero-order chi connectivity index (χ0) is 11.7. The van der Waals surface area contributed by atoms with Crippen molar-refractivity contribution in [1.82, 2.24) is 0 Å². The molecule has 0 saturated carbocycles. The Morgan fingerprint density at radius 1 is 1.53 bits per heavy atom. The molecule has 0 aliphatic carbocycles. The lowest BCUT2D eigenvalue weighted by Gasteiger charge is -2.02. The molecule has 0 aliphatic heterocycles. The molecule has 1 amide bonds. The van der Waals surface area contributed by atoms with Gasteiger partial charge in [-0.1, -0.05) is 0 Å². The minimum atomic E-state index is -1.08. The molecule has 0 aromatic rings. The maximum Gasteiger partial charge on any atom is 0.331 e. The van der Waals surface area contributed by atoms with E-state index in [2.05, 4.69) is 0 Å². The zero-order valence-corrected chi connectivity index (χ0v) is 10.3. The fourth-order valence-corrected chi connectivity index (χ4v) is 2.02. The smallest absolute Gasteiger partial charge is 0.331 e. The van der Waals surface area contributed by atoms with Crippen LogP contribution in [-0.2, 0) is 14.0 Å². The number of rotatable bonds is 8. The highest BCUT2D eigenvalue weighted by atomic mass is 28.2. The number of hydrogen-bond acceptors (Lipinski definition) is 3. The number of hydrogen-bond donors (Lipinski definition) is 2. The van der Waals surface area contributed by atoms with E-state index in [4.69, 9.17) is 15.3 Å². The van der Waals surface area contributed by atoms with Gasteiger partial charge in [-0.15, -0.1) is 0 Å². The molecule has 5 nitrogen and oxygen atoms in total. The first-order valence-electron chi connectivity index (χ1n) is 4.89. The maximum absolute atomic E-state index is 10.7. The maximum atomic E-state index is 10.7. The van der Waals surface area contributed by atoms with Gasteiger partial charge >= 0.3 is 5.97 Å². The molecule has 86 valence electrons. The van der Waals surface area contributed by atoms with Gasteiger partial charge in [0.1, 0.15) is 0 Å². The molecule has 0 radical (unpaired) electrons. The van der Waals surface area contributed by atoms with Gasteiger partial charge < -0.3 is 15.3 Å². The number of nitrogens with two attached hydrogens (primary N) is 1. The lowest BCUT2D eigenvalue weighted by molar-refractivity contribution is -0.133. The number of aliphatic carboxylic acids is 1. The lowest BCUT2D eigenvalue weighted by atomic mass is 10.1. The number of carbonyl (C=O) groups excluding carboxylic acids is 1. The average Bonchev–Trinajstić information content (AvgIpc) is 2.15. The third-order valence-corrected chi connectivity index (χ3v) is 3.27. The molecule has 6 heteroatoms. The van der Waals surface area contributed by atoms with Crippen LogP contribution in [0.2, 0.25) is 6.04 Å². The fourth-order valence-electron chi connectivity index (χ4n) is 1.08. The number of primary amides is 1. The molecule has 0 saturated heterocycles. The van der Waals surface area contributed by atoms with Crippen molar-refractivity contribution >= 4 is 21.6 Å². The van der Waals surface area contributed by atoms with E-state index in [9.17, 15) is 9.59 Å². The van der Waals surface area contributed by atoms with E-state index in [1.807, 2.05) is 6.92 Å². The number of carbonyl (C=O) groups is 2. The van der Waals surface area contributed by atoms with Gasteiger partial charge in [0.15, 0.2) is 9.76 Å². The van der Waals surface area contributed by atoms with Crippen LogP contribution in [0.1, 0.15) is 19.8 Å². The largest absolute Gasteiger partial charge is 0.478 e. The summed E-state index contributed by atoms with van der Waals surface area (Å²) in [4.78, 5) is 21.2. The second-order valence-electron chi connectivity index (χ2n) is 3.03. The van der Waals surface area contributed by atoms with Crippen molar-refractivity contribution in [3.05, 3.63) is 11.6 Å². The Hall–Kier alpha value is -1.14. The Morgan fingerprint density at radius 3 is 2.67 bits per heavy atom. The van der Waals surface area contributed by atoms with Crippen LogP contribution in [0.25, 0.3) is 0 Å². The molecule has 0 aliphatic rings. The Balaban J connectivity index is 3.88. The molecule has 0 aromatic carbocycles. The van der Waals surface area contributed by atoms with Gasteiger partial charge in [-0.3, -0.25) is 4.79 Å². The van der Waals surface area contributed by atoms with E-state index >= 15 is 0 Å². The fraction of sp³-hybridized carbons (Fsp3) is 0.556. The average molecular weight is 231 g/mol. The molecule has 0 bridgehead atoms. The number of amides is 1. The predicted molar refractivity (Wildman–Crippen MR) is 59.1 cm³/mol. The topological polar surface area (TPSA) is 89.6 Å². The monoisotopic (exact) mass is 231 g/mol. The normalized spacial score (nSPS) is 12.2. The molecule has 0 unspecified atom stereocenters. The van der Waals surface area contributed by atoms with E-state index in [1.165, 1.54) is 0 Å². The van der Waals surface area contributed by atoms with E-state index in [-0.39, 0.29) is 5.57 Å². The quantitative estimate of drug-likeness (QED) is 0.344. The Kier molecular flexibility index (Phi) is 7.56. The van der Waals surface area contributed by atoms with Crippen LogP contribution >= 0.6 is 0 Å². The first-order valence-corrected chi connectivity index (χ1v) is 6.46. The second kappa shape index (κ2) is 8.19. The Labute approximate surface area is 91.2 Å². The Bertz CT molecular complexity index is 252. The van der Waals surface area contributed by atoms with E-state index in [0.717, 1.165) is 25.1 Å². The van der Waals surface area contributed by atoms with E-state index < -0.39 is 21.6 Å². The standard InChI is InChI=1S/C9H17NO4Si/c1-2-14-15-5-3-4-7(9(12)13)6-8(10)11/h6H,2-5,15H2,1H3,(H2,10,11)(H,12,13)/b7-6-. The van der Waals surface area contributed by atoms with Crippen molar-refractivity contribution < 1.29 is 19.1 Å². The Morgan fingerprint density at radius 2 is 2.20 bits per heavy atom. The highest BCUT2D eigenvalue weighted by molar-refractivity contribution is 6.26. The summed E-state index contributed by atoms with van der Waals surface area (Å²) in [5.74, 6) is -1.79. The summed E-state index contributed by atoms with van der Waals surface area (Å²) in [5.41, 5.74) is 4.97. The van der Waals surface area contributed by atoms with Crippen LogP contribution in [0.4, 0.5) is 0 Å². The summed E-state index contributed by atoms with van der Waals surface area (Å²) in [5, 5.41) is 8.73. The van der Waals surface area contributed by atoms with E-state index in [0.29, 0.717) is 6.42 Å². The van der Waals surface area contributed by atoms with Crippen molar-refractivity contribution in [3.63, 3.8) is 0 Å². The summed E-state index contributed by atoms with van der Waals surface area (Å²) in [6.07, 6.45) is 2.08. The predicted octanol–water partition coefficient (Wildman–Crippen LogP) is -0.199. The summed E-state index contributed by atoms with van der Waals surface area (Å²) >= 11 is 0. The number of carboxylic acids is 1. The van der Waals surface area contributed by atoms with Gasteiger partial charge in [0.25, 0.3) is 0 Å². The third kappa shape index (κ3) is 7.89. The van der Waals surface area contributed by atoms with Crippen LogP contribution in [0.5, 0.6) is 0 Å². The third-order valence-electron chi connectivity index (χ3n) is 1.78. The molecule has 0 atom stereocenters. The van der Waals surface area contributed by atoms with Crippen molar-refractivity contribution in [2.24, 2.45) is 5.73 Å². The molecular weight excluding hydrogens is 214 g/mol. The molecule has 0 spiro atoms. The summed E-state index contributed by atoms with van der Waals surface area (Å²) in [6, 6.07) is 0.914. The van der Waals surface area contributed by atoms with Gasteiger partial charge in [0.05, 0.1) is 0 Å². The van der Waals surface area contributed by atoms with Gasteiger partial charge in [0, 0.05) is 18.3 Å². The lowest BCUT2D eigenvalue weighted by Crippen LogP contribution is -2.11. The van der Waals surface area contributed by atoms with Crippen LogP contribution in [0.15, 0.2) is 11.6 Å². The van der Waals surface area contributed by atoms with Gasteiger partial charge in [0.2, 0.25) is 5.91 Å². The SMILES string of the molecule is CCO[SiH2]CCC/C(=C/C(N)=O)C(=O)O. The van der Waals surface area contributed by atoms with Crippen molar-refractivity contribution in [1.29, 1.82) is 0 Å². The minimum absolute atomic E-state index is 0.0769. The van der Waals surface area contributed by atoms with Crippen molar-refractivity contribution in [3.8, 4) is 0 Å². The number of carboxylic acid groups (broad SMARTS) is 1. The van der Waals surface area contributed by atoms with E-state index in [1.54, 1.807) is 0 Å². The van der Waals surface area contributed by atoms with Gasteiger partial charge in [-0.25, -0.2) is 4.79 Å². The highest BCUT2D eigenvalue weighted by Crippen LogP contribution is 2.07. The molecule has 0 aromatic heterocycles. The van der Waals surface area contributed by atoms with Crippen molar-refractivity contribution in [2.45, 2.75) is 25.8 Å². The summed E-state index contributed by atoms with van der Waals surface area (Å²) in [6.45, 7) is 2.65. The molecule has 0 fully saturated rings. The van der Waals surface area contributed by atoms with Crippen LogP contribution < -0.4 is 5.73 Å². The first kappa shape index (κ1) is 13.9. The molecule has 0 rings (SSSR count). The molecular formula is C9H17NO4Si.